The van der Waals surface area contributed by atoms with Crippen LogP contribution in [0.25, 0.3) is 0 Å². The quantitative estimate of drug-likeness (QED) is 0.667. The maximum absolute atomic E-state index is 12.9. The van der Waals surface area contributed by atoms with Gasteiger partial charge in [0, 0.05) is 13.6 Å². The first-order valence-corrected chi connectivity index (χ1v) is 6.54. The van der Waals surface area contributed by atoms with Gasteiger partial charge in [-0.25, -0.2) is 4.39 Å². The molecule has 0 aliphatic carbocycles. The highest BCUT2D eigenvalue weighted by Crippen LogP contribution is 2.22. The molecule has 0 fully saturated rings. The number of halogens is 1. The summed E-state index contributed by atoms with van der Waals surface area (Å²) < 4.78 is 12.9. The molecule has 1 aromatic carbocycles. The highest BCUT2D eigenvalue weighted by molar-refractivity contribution is 6.01. The Kier molecular flexibility index (Phi) is 4.16. The van der Waals surface area contributed by atoms with Crippen LogP contribution >= 0.6 is 0 Å². The molecular weight excluding hydrogens is 269 g/mol. The van der Waals surface area contributed by atoms with Crippen LogP contribution in [0.5, 0.6) is 0 Å². The van der Waals surface area contributed by atoms with Gasteiger partial charge in [0.2, 0.25) is 0 Å². The SMILES string of the molecule is Cc1nnc(N(C)Cc2ccc(F)cc2)c(C(=N)N)c1C. The van der Waals surface area contributed by atoms with Crippen LogP contribution in [0.3, 0.4) is 0 Å². The fourth-order valence-electron chi connectivity index (χ4n) is 2.12. The van der Waals surface area contributed by atoms with E-state index >= 15 is 0 Å². The summed E-state index contributed by atoms with van der Waals surface area (Å²) in [4.78, 5) is 1.85. The topological polar surface area (TPSA) is 78.9 Å². The number of aromatic nitrogens is 2. The van der Waals surface area contributed by atoms with Crippen molar-refractivity contribution in [3.8, 4) is 0 Å². The van der Waals surface area contributed by atoms with Crippen LogP contribution in [-0.4, -0.2) is 23.1 Å². The average Bonchev–Trinajstić information content (AvgIpc) is 2.43. The van der Waals surface area contributed by atoms with Crippen LogP contribution in [0.2, 0.25) is 0 Å². The van der Waals surface area contributed by atoms with E-state index in [1.165, 1.54) is 12.1 Å². The molecule has 0 atom stereocenters. The third-order valence-electron chi connectivity index (χ3n) is 3.40. The van der Waals surface area contributed by atoms with Gasteiger partial charge in [-0.3, -0.25) is 5.41 Å². The maximum atomic E-state index is 12.9. The molecule has 0 saturated carbocycles. The van der Waals surface area contributed by atoms with Crippen LogP contribution in [0.1, 0.15) is 22.4 Å². The first-order chi connectivity index (χ1) is 9.90. The number of hydrogen-bond acceptors (Lipinski definition) is 4. The number of amidine groups is 1. The largest absolute Gasteiger partial charge is 0.384 e. The van der Waals surface area contributed by atoms with Crippen LogP contribution in [0.4, 0.5) is 10.2 Å². The zero-order valence-electron chi connectivity index (χ0n) is 12.3. The Hall–Kier alpha value is -2.50. The van der Waals surface area contributed by atoms with E-state index < -0.39 is 0 Å². The van der Waals surface area contributed by atoms with E-state index in [-0.39, 0.29) is 11.7 Å². The fraction of sp³-hybridized carbons (Fsp3) is 0.267. The molecule has 0 bridgehead atoms. The van der Waals surface area contributed by atoms with E-state index in [4.69, 9.17) is 11.1 Å². The van der Waals surface area contributed by atoms with Crippen molar-refractivity contribution in [1.82, 2.24) is 10.2 Å². The number of nitrogens with zero attached hydrogens (tertiary/aromatic N) is 3. The van der Waals surface area contributed by atoms with Gasteiger partial charge in [-0.05, 0) is 37.1 Å². The van der Waals surface area contributed by atoms with Crippen molar-refractivity contribution in [1.29, 1.82) is 5.41 Å². The first-order valence-electron chi connectivity index (χ1n) is 6.54. The number of nitrogens with one attached hydrogen (secondary N) is 1. The molecule has 0 aliphatic rings. The minimum Gasteiger partial charge on any atom is -0.384 e. The van der Waals surface area contributed by atoms with Crippen molar-refractivity contribution in [2.24, 2.45) is 5.73 Å². The van der Waals surface area contributed by atoms with E-state index in [9.17, 15) is 4.39 Å². The van der Waals surface area contributed by atoms with E-state index in [1.807, 2.05) is 25.8 Å². The Morgan fingerprint density at radius 3 is 2.43 bits per heavy atom. The van der Waals surface area contributed by atoms with Gasteiger partial charge in [0.05, 0.1) is 11.3 Å². The lowest BCUT2D eigenvalue weighted by Crippen LogP contribution is -2.25. The van der Waals surface area contributed by atoms with Gasteiger partial charge >= 0.3 is 0 Å². The predicted octanol–water partition coefficient (Wildman–Crippen LogP) is 2.15. The molecular formula is C15H18FN5. The zero-order chi connectivity index (χ0) is 15.6. The van der Waals surface area contributed by atoms with Gasteiger partial charge in [0.25, 0.3) is 0 Å². The predicted molar refractivity (Wildman–Crippen MR) is 81.0 cm³/mol. The van der Waals surface area contributed by atoms with E-state index in [0.717, 1.165) is 16.8 Å². The summed E-state index contributed by atoms with van der Waals surface area (Å²) in [5.41, 5.74) is 8.80. The minimum absolute atomic E-state index is 0.0357. The lowest BCUT2D eigenvalue weighted by atomic mass is 10.1. The first kappa shape index (κ1) is 14.9. The Balaban J connectivity index is 2.35. The number of nitrogen functional groups attached to an aromatic ring is 1. The summed E-state index contributed by atoms with van der Waals surface area (Å²) in [6, 6.07) is 6.27. The lowest BCUT2D eigenvalue weighted by molar-refractivity contribution is 0.627. The van der Waals surface area contributed by atoms with Gasteiger partial charge in [0.1, 0.15) is 11.7 Å². The third kappa shape index (κ3) is 3.16. The normalized spacial score (nSPS) is 10.5. The Bertz CT molecular complexity index is 667. The van der Waals surface area contributed by atoms with Crippen molar-refractivity contribution < 1.29 is 4.39 Å². The van der Waals surface area contributed by atoms with Crippen LogP contribution in [0, 0.1) is 25.1 Å². The highest BCUT2D eigenvalue weighted by atomic mass is 19.1. The monoisotopic (exact) mass is 287 g/mol. The number of benzene rings is 1. The van der Waals surface area contributed by atoms with Gasteiger partial charge in [0.15, 0.2) is 5.82 Å². The molecule has 5 nitrogen and oxygen atoms in total. The molecule has 0 spiro atoms. The van der Waals surface area contributed by atoms with E-state index in [1.54, 1.807) is 12.1 Å². The molecule has 0 saturated heterocycles. The summed E-state index contributed by atoms with van der Waals surface area (Å²) in [7, 11) is 1.84. The summed E-state index contributed by atoms with van der Waals surface area (Å²) in [5.74, 6) is 0.248. The third-order valence-corrected chi connectivity index (χ3v) is 3.40. The molecule has 0 amide bonds. The molecule has 1 heterocycles. The van der Waals surface area contributed by atoms with Gasteiger partial charge < -0.3 is 10.6 Å². The van der Waals surface area contributed by atoms with Crippen molar-refractivity contribution in [2.45, 2.75) is 20.4 Å². The number of hydrogen-bond donors (Lipinski definition) is 2. The second kappa shape index (κ2) is 5.87. The number of aryl methyl sites for hydroxylation is 1. The molecule has 3 N–H and O–H groups in total. The van der Waals surface area contributed by atoms with Crippen molar-refractivity contribution in [2.75, 3.05) is 11.9 Å². The summed E-state index contributed by atoms with van der Waals surface area (Å²) in [6.45, 7) is 4.23. The standard InChI is InChI=1S/C15H18FN5/c1-9-10(2)19-20-15(13(9)14(17)18)21(3)8-11-4-6-12(16)7-5-11/h4-7H,8H2,1-3H3,(H3,17,18). The second-order valence-electron chi connectivity index (χ2n) is 5.01. The summed E-state index contributed by atoms with van der Waals surface area (Å²) >= 11 is 0. The smallest absolute Gasteiger partial charge is 0.162 e. The molecule has 21 heavy (non-hydrogen) atoms. The van der Waals surface area contributed by atoms with Crippen molar-refractivity contribution >= 4 is 11.7 Å². The average molecular weight is 287 g/mol. The molecule has 2 aromatic rings. The summed E-state index contributed by atoms with van der Waals surface area (Å²) in [5, 5.41) is 16.0. The second-order valence-corrected chi connectivity index (χ2v) is 5.01. The van der Waals surface area contributed by atoms with Gasteiger partial charge in [-0.1, -0.05) is 12.1 Å². The highest BCUT2D eigenvalue weighted by Gasteiger charge is 2.17. The molecule has 110 valence electrons. The fourth-order valence-corrected chi connectivity index (χ4v) is 2.12. The molecule has 0 aliphatic heterocycles. The maximum Gasteiger partial charge on any atom is 0.162 e. The summed E-state index contributed by atoms with van der Waals surface area (Å²) in [6.07, 6.45) is 0. The molecule has 6 heteroatoms. The zero-order valence-corrected chi connectivity index (χ0v) is 12.3. The number of nitrogens with two attached hydrogens (primary N) is 1. The van der Waals surface area contributed by atoms with Crippen LogP contribution < -0.4 is 10.6 Å². The van der Waals surface area contributed by atoms with Crippen LogP contribution in [0.15, 0.2) is 24.3 Å². The molecule has 2 rings (SSSR count). The minimum atomic E-state index is -0.267. The Morgan fingerprint density at radius 1 is 1.24 bits per heavy atom. The molecule has 1 aromatic heterocycles. The Morgan fingerprint density at radius 2 is 1.86 bits per heavy atom. The Labute approximate surface area is 123 Å². The number of anilines is 1. The van der Waals surface area contributed by atoms with Crippen molar-refractivity contribution in [3.05, 3.63) is 52.5 Å². The van der Waals surface area contributed by atoms with E-state index in [2.05, 4.69) is 10.2 Å². The number of rotatable bonds is 4. The van der Waals surface area contributed by atoms with E-state index in [0.29, 0.717) is 17.9 Å². The van der Waals surface area contributed by atoms with Gasteiger partial charge in [-0.2, -0.15) is 5.10 Å². The van der Waals surface area contributed by atoms with Gasteiger partial charge in [-0.15, -0.1) is 5.10 Å². The van der Waals surface area contributed by atoms with Crippen LogP contribution in [-0.2, 0) is 6.54 Å². The molecule has 0 radical (unpaired) electrons. The van der Waals surface area contributed by atoms with Crippen molar-refractivity contribution in [3.63, 3.8) is 0 Å². The lowest BCUT2D eigenvalue weighted by Gasteiger charge is -2.22. The molecule has 0 unspecified atom stereocenters.